The molecule has 1 aromatic rings. The van der Waals surface area contributed by atoms with Gasteiger partial charge in [0.1, 0.15) is 11.6 Å². The highest BCUT2D eigenvalue weighted by molar-refractivity contribution is 5.27. The molecule has 2 atom stereocenters. The molecule has 0 bridgehead atoms. The second kappa shape index (κ2) is 6.55. The van der Waals surface area contributed by atoms with E-state index in [1.54, 1.807) is 19.1 Å². The van der Waals surface area contributed by atoms with E-state index in [2.05, 4.69) is 5.32 Å². The van der Waals surface area contributed by atoms with E-state index in [0.29, 0.717) is 23.8 Å². The monoisotopic (exact) mass is 281 g/mol. The number of aliphatic hydroxyl groups is 1. The summed E-state index contributed by atoms with van der Waals surface area (Å²) in [6.07, 6.45) is 4.11. The molecule has 0 amide bonds. The number of ether oxygens (including phenoxy) is 1. The van der Waals surface area contributed by atoms with Crippen LogP contribution in [0.4, 0.5) is 4.39 Å². The third kappa shape index (κ3) is 3.13. The average molecular weight is 281 g/mol. The van der Waals surface area contributed by atoms with Crippen molar-refractivity contribution in [1.82, 2.24) is 5.32 Å². The first-order valence-electron chi connectivity index (χ1n) is 7.30. The third-order valence-electron chi connectivity index (χ3n) is 4.62. The number of nitrogens with one attached hydrogen (secondary N) is 1. The van der Waals surface area contributed by atoms with Gasteiger partial charge in [0.25, 0.3) is 0 Å². The Kier molecular flexibility index (Phi) is 5.00. The van der Waals surface area contributed by atoms with E-state index >= 15 is 0 Å². The summed E-state index contributed by atoms with van der Waals surface area (Å²) in [4.78, 5) is 0. The predicted octanol–water partition coefficient (Wildman–Crippen LogP) is 2.65. The molecule has 2 unspecified atom stereocenters. The molecular weight excluding hydrogens is 257 g/mol. The highest BCUT2D eigenvalue weighted by Crippen LogP contribution is 2.37. The molecule has 0 saturated heterocycles. The first kappa shape index (κ1) is 15.3. The van der Waals surface area contributed by atoms with Gasteiger partial charge in [-0.25, -0.2) is 4.39 Å². The van der Waals surface area contributed by atoms with Crippen LogP contribution in [0.3, 0.4) is 0 Å². The number of rotatable bonds is 6. The Hall–Kier alpha value is -1.13. The van der Waals surface area contributed by atoms with Crippen LogP contribution < -0.4 is 10.1 Å². The number of likely N-dealkylation sites (N-methyl/N-ethyl adjacent to an activating group) is 1. The van der Waals surface area contributed by atoms with Crippen molar-refractivity contribution in [1.29, 1.82) is 0 Å². The van der Waals surface area contributed by atoms with Crippen molar-refractivity contribution in [3.8, 4) is 5.75 Å². The van der Waals surface area contributed by atoms with Gasteiger partial charge in [-0.1, -0.05) is 12.5 Å². The maximum absolute atomic E-state index is 13.4. The molecule has 0 aliphatic heterocycles. The van der Waals surface area contributed by atoms with Gasteiger partial charge >= 0.3 is 0 Å². The molecule has 2 N–H and O–H groups in total. The van der Waals surface area contributed by atoms with Crippen LogP contribution in [-0.4, -0.2) is 30.9 Å². The number of halogens is 1. The zero-order valence-electron chi connectivity index (χ0n) is 12.3. The minimum Gasteiger partial charge on any atom is -0.493 e. The number of hydrogen-bond donors (Lipinski definition) is 2. The van der Waals surface area contributed by atoms with E-state index in [0.717, 1.165) is 25.7 Å². The Morgan fingerprint density at radius 2 is 2.30 bits per heavy atom. The van der Waals surface area contributed by atoms with E-state index in [1.165, 1.54) is 6.07 Å². The van der Waals surface area contributed by atoms with Crippen molar-refractivity contribution in [3.05, 3.63) is 29.6 Å². The molecule has 4 heteroatoms. The summed E-state index contributed by atoms with van der Waals surface area (Å²) in [6.45, 7) is 2.45. The Labute approximate surface area is 120 Å². The Bertz CT molecular complexity index is 446. The summed E-state index contributed by atoms with van der Waals surface area (Å²) in [5, 5.41) is 12.9. The van der Waals surface area contributed by atoms with Gasteiger partial charge in [0.2, 0.25) is 0 Å². The van der Waals surface area contributed by atoms with Crippen molar-refractivity contribution in [2.75, 3.05) is 20.3 Å². The molecule has 20 heavy (non-hydrogen) atoms. The average Bonchev–Trinajstić information content (AvgIpc) is 2.86. The van der Waals surface area contributed by atoms with Gasteiger partial charge < -0.3 is 15.2 Å². The number of aryl methyl sites for hydroxylation is 1. The summed E-state index contributed by atoms with van der Waals surface area (Å²) in [6, 6.07) is 4.96. The highest BCUT2D eigenvalue weighted by Gasteiger charge is 2.40. The van der Waals surface area contributed by atoms with Gasteiger partial charge in [-0.05, 0) is 50.8 Å². The lowest BCUT2D eigenvalue weighted by Crippen LogP contribution is -2.49. The molecule has 1 aliphatic rings. The molecule has 1 aromatic carbocycles. The molecule has 2 rings (SSSR count). The molecule has 112 valence electrons. The van der Waals surface area contributed by atoms with Crippen LogP contribution in [-0.2, 0) is 0 Å². The zero-order chi connectivity index (χ0) is 14.6. The van der Waals surface area contributed by atoms with Gasteiger partial charge in [-0.15, -0.1) is 0 Å². The van der Waals surface area contributed by atoms with Gasteiger partial charge in [-0.2, -0.15) is 0 Å². The zero-order valence-corrected chi connectivity index (χ0v) is 12.3. The quantitative estimate of drug-likeness (QED) is 0.842. The normalized spacial score (nSPS) is 25.9. The molecule has 0 spiro atoms. The largest absolute Gasteiger partial charge is 0.493 e. The molecule has 1 saturated carbocycles. The lowest BCUT2D eigenvalue weighted by molar-refractivity contribution is 0.117. The minimum absolute atomic E-state index is 0.160. The van der Waals surface area contributed by atoms with Gasteiger partial charge in [-0.3, -0.25) is 0 Å². The molecular formula is C16H24FNO2. The summed E-state index contributed by atoms with van der Waals surface area (Å²) in [5.41, 5.74) is 0.463. The Balaban J connectivity index is 1.87. The molecule has 0 aromatic heterocycles. The van der Waals surface area contributed by atoms with Crippen LogP contribution in [0.25, 0.3) is 0 Å². The molecule has 3 nitrogen and oxygen atoms in total. The van der Waals surface area contributed by atoms with Crippen LogP contribution >= 0.6 is 0 Å². The van der Waals surface area contributed by atoms with Crippen LogP contribution in [0.15, 0.2) is 18.2 Å². The first-order chi connectivity index (χ1) is 9.61. The fraction of sp³-hybridized carbons (Fsp3) is 0.625. The SMILES string of the molecule is CNC1(CO)CCCC1CCOc1ccc(C)c(F)c1. The Morgan fingerprint density at radius 3 is 2.95 bits per heavy atom. The second-order valence-electron chi connectivity index (χ2n) is 5.70. The fourth-order valence-electron chi connectivity index (χ4n) is 3.16. The van der Waals surface area contributed by atoms with Crippen molar-refractivity contribution in [2.45, 2.75) is 38.1 Å². The van der Waals surface area contributed by atoms with E-state index < -0.39 is 0 Å². The number of hydrogen-bond acceptors (Lipinski definition) is 3. The Morgan fingerprint density at radius 1 is 1.50 bits per heavy atom. The third-order valence-corrected chi connectivity index (χ3v) is 4.62. The standard InChI is InChI=1S/C16H24FNO2/c1-12-5-6-14(10-15(12)17)20-9-7-13-4-3-8-16(13,11-19)18-2/h5-6,10,13,18-19H,3-4,7-9,11H2,1-2H3. The van der Waals surface area contributed by atoms with E-state index in [1.807, 2.05) is 7.05 Å². The van der Waals surface area contributed by atoms with Gasteiger partial charge in [0.05, 0.1) is 13.2 Å². The smallest absolute Gasteiger partial charge is 0.129 e. The maximum Gasteiger partial charge on any atom is 0.129 e. The van der Waals surface area contributed by atoms with Crippen LogP contribution in [0.1, 0.15) is 31.2 Å². The molecule has 0 radical (unpaired) electrons. The van der Waals surface area contributed by atoms with Crippen LogP contribution in [0.2, 0.25) is 0 Å². The van der Waals surface area contributed by atoms with Crippen molar-refractivity contribution in [2.24, 2.45) is 5.92 Å². The minimum atomic E-state index is -0.233. The maximum atomic E-state index is 13.4. The lowest BCUT2D eigenvalue weighted by Gasteiger charge is -2.33. The summed E-state index contributed by atoms with van der Waals surface area (Å²) in [5.74, 6) is 0.751. The first-order valence-corrected chi connectivity index (χ1v) is 7.30. The lowest BCUT2D eigenvalue weighted by atomic mass is 9.86. The summed E-state index contributed by atoms with van der Waals surface area (Å²) < 4.78 is 19.1. The van der Waals surface area contributed by atoms with E-state index in [4.69, 9.17) is 4.74 Å². The summed E-state index contributed by atoms with van der Waals surface area (Å²) in [7, 11) is 1.91. The van der Waals surface area contributed by atoms with Crippen LogP contribution in [0, 0.1) is 18.7 Å². The number of aliphatic hydroxyl groups excluding tert-OH is 1. The van der Waals surface area contributed by atoms with Crippen molar-refractivity contribution in [3.63, 3.8) is 0 Å². The topological polar surface area (TPSA) is 41.5 Å². The van der Waals surface area contributed by atoms with Gasteiger partial charge in [0, 0.05) is 11.6 Å². The van der Waals surface area contributed by atoms with Crippen LogP contribution in [0.5, 0.6) is 5.75 Å². The number of benzene rings is 1. The second-order valence-corrected chi connectivity index (χ2v) is 5.70. The van der Waals surface area contributed by atoms with E-state index in [9.17, 15) is 9.50 Å². The van der Waals surface area contributed by atoms with E-state index in [-0.39, 0.29) is 18.0 Å². The predicted molar refractivity (Wildman–Crippen MR) is 77.5 cm³/mol. The molecule has 1 aliphatic carbocycles. The highest BCUT2D eigenvalue weighted by atomic mass is 19.1. The summed E-state index contributed by atoms with van der Waals surface area (Å²) >= 11 is 0. The van der Waals surface area contributed by atoms with Gasteiger partial charge in [0.15, 0.2) is 0 Å². The molecule has 0 heterocycles. The van der Waals surface area contributed by atoms with Crippen molar-refractivity contribution < 1.29 is 14.2 Å². The molecule has 1 fully saturated rings. The fourth-order valence-corrected chi connectivity index (χ4v) is 3.16. The van der Waals surface area contributed by atoms with Crippen molar-refractivity contribution >= 4 is 0 Å².